The van der Waals surface area contributed by atoms with Crippen molar-refractivity contribution in [2.45, 2.75) is 91.3 Å². The van der Waals surface area contributed by atoms with Gasteiger partial charge in [0.15, 0.2) is 0 Å². The normalized spacial score (nSPS) is 19.0. The number of carbonyl (C=O) groups is 3. The predicted molar refractivity (Wildman–Crippen MR) is 193 cm³/mol. The van der Waals surface area contributed by atoms with Crippen LogP contribution in [0.2, 0.25) is 0 Å². The van der Waals surface area contributed by atoms with Crippen LogP contribution in [0.4, 0.5) is 4.79 Å². The van der Waals surface area contributed by atoms with Gasteiger partial charge < -0.3 is 29.8 Å². The Morgan fingerprint density at radius 1 is 0.840 bits per heavy atom. The standard InChI is InChI=1S/C39H51N7O4/c1-23(2)25(5)37(47)45-19-8-10-33(45)36-42-30-18-16-28(21-31(30)43-36)27-14-11-26(12-15-27)13-17-29-22-40-35(41-29)32-9-7-20-46(32)38(48)34(24(3)4)44-39(49)50-6/h11-12,14-16,18,21-25,32-34H,7-10,13,17,19-20H2,1-6H3,(H,40,41)(H,42,43)(H,44,49)/t25-,32-,33-,34-/m0/s1. The van der Waals surface area contributed by atoms with Crippen LogP contribution in [0.25, 0.3) is 22.2 Å². The van der Waals surface area contributed by atoms with Crippen LogP contribution < -0.4 is 5.32 Å². The molecular formula is C39H51N7O4. The monoisotopic (exact) mass is 681 g/mol. The van der Waals surface area contributed by atoms with Crippen LogP contribution in [-0.2, 0) is 27.2 Å². The van der Waals surface area contributed by atoms with Crippen LogP contribution in [0, 0.1) is 17.8 Å². The van der Waals surface area contributed by atoms with Gasteiger partial charge >= 0.3 is 6.09 Å². The van der Waals surface area contributed by atoms with E-state index in [1.54, 1.807) is 0 Å². The number of fused-ring (bicyclic) bond motifs is 1. The van der Waals surface area contributed by atoms with Gasteiger partial charge in [0.2, 0.25) is 11.8 Å². The van der Waals surface area contributed by atoms with Crippen molar-refractivity contribution < 1.29 is 19.1 Å². The highest BCUT2D eigenvalue weighted by Crippen LogP contribution is 2.35. The summed E-state index contributed by atoms with van der Waals surface area (Å²) >= 11 is 0. The summed E-state index contributed by atoms with van der Waals surface area (Å²) in [4.78, 5) is 59.1. The van der Waals surface area contributed by atoms with Crippen LogP contribution in [-0.4, -0.2) is 73.9 Å². The van der Waals surface area contributed by atoms with Gasteiger partial charge in [-0.1, -0.05) is 65.0 Å². The molecule has 2 aromatic carbocycles. The van der Waals surface area contributed by atoms with Gasteiger partial charge in [0.05, 0.1) is 35.9 Å². The van der Waals surface area contributed by atoms with Gasteiger partial charge in [-0.3, -0.25) is 9.59 Å². The largest absolute Gasteiger partial charge is 0.453 e. The maximum atomic E-state index is 13.5. The molecule has 2 aliphatic heterocycles. The van der Waals surface area contributed by atoms with Crippen LogP contribution in [0.1, 0.15) is 95.3 Å². The Morgan fingerprint density at radius 3 is 2.16 bits per heavy atom. The summed E-state index contributed by atoms with van der Waals surface area (Å²) in [5.41, 5.74) is 6.29. The van der Waals surface area contributed by atoms with Crippen molar-refractivity contribution in [1.29, 1.82) is 0 Å². The Kier molecular flexibility index (Phi) is 10.6. The second-order valence-electron chi connectivity index (χ2n) is 14.6. The molecule has 0 aliphatic carbocycles. The summed E-state index contributed by atoms with van der Waals surface area (Å²) in [5, 5.41) is 2.70. The third-order valence-electron chi connectivity index (χ3n) is 10.6. The average molecular weight is 682 g/mol. The number of carbonyl (C=O) groups excluding carboxylic acids is 3. The molecular weight excluding hydrogens is 630 g/mol. The first-order chi connectivity index (χ1) is 24.0. The van der Waals surface area contributed by atoms with Crippen molar-refractivity contribution in [1.82, 2.24) is 35.1 Å². The molecule has 3 amide bonds. The van der Waals surface area contributed by atoms with E-state index in [9.17, 15) is 14.4 Å². The Morgan fingerprint density at radius 2 is 1.50 bits per heavy atom. The number of likely N-dealkylation sites (tertiary alicyclic amines) is 2. The van der Waals surface area contributed by atoms with Crippen molar-refractivity contribution >= 4 is 28.9 Å². The number of aromatic nitrogens is 4. The Bertz CT molecular complexity index is 1810. The lowest BCUT2D eigenvalue weighted by Gasteiger charge is -2.29. The topological polar surface area (TPSA) is 136 Å². The van der Waals surface area contributed by atoms with E-state index in [1.807, 2.05) is 36.8 Å². The van der Waals surface area contributed by atoms with Crippen molar-refractivity contribution in [2.75, 3.05) is 20.2 Å². The van der Waals surface area contributed by atoms with E-state index in [0.717, 1.165) is 84.6 Å². The SMILES string of the molecule is COC(=O)N[C@H](C(=O)N1CCC[C@H]1c1nc(CCc2ccc(-c3ccc4[nH]c([C@@H]5CCCN5C(=O)[C@@H](C)C(C)C)nc4c3)cc2)c[nH]1)C(C)C. The molecule has 0 bridgehead atoms. The number of amides is 3. The molecule has 6 rings (SSSR count). The van der Waals surface area contributed by atoms with Gasteiger partial charge in [-0.05, 0) is 79.2 Å². The zero-order valence-corrected chi connectivity index (χ0v) is 30.2. The first-order valence-corrected chi connectivity index (χ1v) is 18.1. The van der Waals surface area contributed by atoms with Gasteiger partial charge in [-0.25, -0.2) is 14.8 Å². The molecule has 4 heterocycles. The van der Waals surface area contributed by atoms with Crippen molar-refractivity contribution in [3.05, 3.63) is 71.6 Å². The van der Waals surface area contributed by atoms with Crippen molar-refractivity contribution in [2.24, 2.45) is 17.8 Å². The molecule has 0 unspecified atom stereocenters. The van der Waals surface area contributed by atoms with E-state index in [0.29, 0.717) is 12.5 Å². The number of benzene rings is 2. The van der Waals surface area contributed by atoms with Crippen molar-refractivity contribution in [3.63, 3.8) is 0 Å². The third kappa shape index (κ3) is 7.41. The highest BCUT2D eigenvalue weighted by atomic mass is 16.5. The fourth-order valence-corrected chi connectivity index (χ4v) is 7.23. The van der Waals surface area contributed by atoms with E-state index in [2.05, 4.69) is 71.6 Å². The number of nitrogens with zero attached hydrogens (tertiary/aromatic N) is 4. The predicted octanol–water partition coefficient (Wildman–Crippen LogP) is 6.74. The fourth-order valence-electron chi connectivity index (χ4n) is 7.23. The number of aryl methyl sites for hydroxylation is 2. The first kappa shape index (κ1) is 35.2. The Hall–Kier alpha value is -4.67. The third-order valence-corrected chi connectivity index (χ3v) is 10.6. The number of nitrogens with one attached hydrogen (secondary N) is 3. The maximum absolute atomic E-state index is 13.5. The summed E-state index contributed by atoms with van der Waals surface area (Å²) in [6, 6.07) is 14.2. The summed E-state index contributed by atoms with van der Waals surface area (Å²) in [6.07, 6.45) is 6.57. The zero-order chi connectivity index (χ0) is 35.5. The van der Waals surface area contributed by atoms with E-state index in [-0.39, 0.29) is 35.7 Å². The lowest BCUT2D eigenvalue weighted by molar-refractivity contribution is -0.137. The van der Waals surface area contributed by atoms with E-state index >= 15 is 0 Å². The van der Waals surface area contributed by atoms with Crippen molar-refractivity contribution in [3.8, 4) is 11.1 Å². The molecule has 11 heteroatoms. The second-order valence-corrected chi connectivity index (χ2v) is 14.6. The van der Waals surface area contributed by atoms with Gasteiger partial charge in [0, 0.05) is 25.2 Å². The first-order valence-electron chi connectivity index (χ1n) is 18.1. The molecule has 2 aliphatic rings. The summed E-state index contributed by atoms with van der Waals surface area (Å²) in [5.74, 6) is 1.99. The molecule has 50 heavy (non-hydrogen) atoms. The number of alkyl carbamates (subject to hydrolysis) is 1. The smallest absolute Gasteiger partial charge is 0.407 e. The summed E-state index contributed by atoms with van der Waals surface area (Å²) in [6.45, 7) is 11.5. The number of hydrogen-bond acceptors (Lipinski definition) is 6. The minimum atomic E-state index is -0.655. The number of hydrogen-bond donors (Lipinski definition) is 3. The fraction of sp³-hybridized carbons (Fsp3) is 0.513. The van der Waals surface area contributed by atoms with Gasteiger partial charge in [0.1, 0.15) is 17.7 Å². The molecule has 2 aromatic heterocycles. The summed E-state index contributed by atoms with van der Waals surface area (Å²) in [7, 11) is 1.30. The maximum Gasteiger partial charge on any atom is 0.407 e. The molecule has 2 saturated heterocycles. The quantitative estimate of drug-likeness (QED) is 0.161. The van der Waals surface area contributed by atoms with E-state index < -0.39 is 12.1 Å². The minimum absolute atomic E-state index is 0.00316. The lowest BCUT2D eigenvalue weighted by atomic mass is 9.96. The van der Waals surface area contributed by atoms with E-state index in [4.69, 9.17) is 14.7 Å². The molecule has 11 nitrogen and oxygen atoms in total. The average Bonchev–Trinajstić information content (AvgIpc) is 3.94. The second kappa shape index (κ2) is 15.1. The van der Waals surface area contributed by atoms with Crippen LogP contribution in [0.3, 0.4) is 0 Å². The number of rotatable bonds is 11. The van der Waals surface area contributed by atoms with Gasteiger partial charge in [-0.15, -0.1) is 0 Å². The number of ether oxygens (including phenoxy) is 1. The van der Waals surface area contributed by atoms with E-state index in [1.165, 1.54) is 12.7 Å². The summed E-state index contributed by atoms with van der Waals surface area (Å²) < 4.78 is 4.75. The van der Waals surface area contributed by atoms with Crippen LogP contribution in [0.5, 0.6) is 0 Å². The molecule has 3 N–H and O–H groups in total. The van der Waals surface area contributed by atoms with Crippen LogP contribution >= 0.6 is 0 Å². The molecule has 0 radical (unpaired) electrons. The zero-order valence-electron chi connectivity index (χ0n) is 30.2. The molecule has 0 saturated carbocycles. The Labute approximate surface area is 294 Å². The number of H-pyrrole nitrogens is 2. The van der Waals surface area contributed by atoms with Gasteiger partial charge in [0.25, 0.3) is 0 Å². The van der Waals surface area contributed by atoms with Crippen LogP contribution in [0.15, 0.2) is 48.7 Å². The lowest BCUT2D eigenvalue weighted by Crippen LogP contribution is -2.51. The highest BCUT2D eigenvalue weighted by Gasteiger charge is 2.38. The Balaban J connectivity index is 1.08. The minimum Gasteiger partial charge on any atom is -0.453 e. The molecule has 4 aromatic rings. The molecule has 2 fully saturated rings. The number of aromatic amines is 2. The van der Waals surface area contributed by atoms with Gasteiger partial charge in [-0.2, -0.15) is 0 Å². The molecule has 4 atom stereocenters. The number of imidazole rings is 2. The molecule has 266 valence electrons. The molecule has 0 spiro atoms. The number of methoxy groups -OCH3 is 1. The highest BCUT2D eigenvalue weighted by molar-refractivity contribution is 5.86.